The molecule has 0 saturated heterocycles. The maximum absolute atomic E-state index is 12.9. The Morgan fingerprint density at radius 1 is 1.06 bits per heavy atom. The first-order valence-electron chi connectivity index (χ1n) is 11.8. The van der Waals surface area contributed by atoms with Crippen LogP contribution in [-0.2, 0) is 17.7 Å². The van der Waals surface area contributed by atoms with Crippen LogP contribution in [0.5, 0.6) is 0 Å². The van der Waals surface area contributed by atoms with E-state index in [4.69, 9.17) is 9.72 Å². The Morgan fingerprint density at radius 3 is 2.43 bits per heavy atom. The van der Waals surface area contributed by atoms with Gasteiger partial charge in [-0.2, -0.15) is 0 Å². The van der Waals surface area contributed by atoms with Gasteiger partial charge in [-0.25, -0.2) is 14.6 Å². The Morgan fingerprint density at radius 2 is 1.77 bits per heavy atom. The van der Waals surface area contributed by atoms with E-state index in [1.807, 2.05) is 62.5 Å². The number of carboxylic acid groups (broad SMARTS) is 1. The number of ether oxygens (including phenoxy) is 1. The van der Waals surface area contributed by atoms with Gasteiger partial charge < -0.3 is 14.4 Å². The highest BCUT2D eigenvalue weighted by atomic mass is 32.1. The second-order valence-corrected chi connectivity index (χ2v) is 10.4. The van der Waals surface area contributed by atoms with E-state index >= 15 is 0 Å². The van der Waals surface area contributed by atoms with Gasteiger partial charge in [0.15, 0.2) is 0 Å². The fourth-order valence-electron chi connectivity index (χ4n) is 4.06. The van der Waals surface area contributed by atoms with Crippen molar-refractivity contribution in [1.82, 2.24) is 9.55 Å². The van der Waals surface area contributed by atoms with E-state index in [9.17, 15) is 14.7 Å². The maximum atomic E-state index is 12.9. The number of carboxylic acids is 1. The van der Waals surface area contributed by atoms with E-state index in [0.29, 0.717) is 17.7 Å². The summed E-state index contributed by atoms with van der Waals surface area (Å²) in [6, 6.07) is 14.9. The van der Waals surface area contributed by atoms with Crippen molar-refractivity contribution >= 4 is 33.6 Å². The lowest BCUT2D eigenvalue weighted by Gasteiger charge is -2.19. The number of nitrogens with zero attached hydrogens (tertiary/aromatic N) is 2. The highest BCUT2D eigenvalue weighted by Gasteiger charge is 2.25. The summed E-state index contributed by atoms with van der Waals surface area (Å²) in [5.41, 5.74) is 3.63. The Kier molecular flexibility index (Phi) is 7.08. The minimum atomic E-state index is -0.946. The molecule has 0 fully saturated rings. The number of esters is 1. The Hall–Kier alpha value is -3.45. The van der Waals surface area contributed by atoms with Gasteiger partial charge in [-0.05, 0) is 49.9 Å². The molecule has 0 unspecified atom stereocenters. The number of hydrogen-bond donors (Lipinski definition) is 1. The zero-order chi connectivity index (χ0) is 25.2. The van der Waals surface area contributed by atoms with Crippen molar-refractivity contribution in [3.8, 4) is 11.1 Å². The van der Waals surface area contributed by atoms with Gasteiger partial charge >= 0.3 is 11.9 Å². The first-order chi connectivity index (χ1) is 16.7. The standard InChI is InChI=1S/C28H30N2O4S/c1-5-6-11-23-29-25-24(22(17-35-25)27(33)34-28(2,3)4)30(23)16-18-12-14-19(15-13-18)20-9-7-8-10-21(20)26(31)32/h7-10,12-15,17H,5-6,11,16H2,1-4H3,(H,31,32). The van der Waals surface area contributed by atoms with Crippen LogP contribution in [-0.4, -0.2) is 32.2 Å². The van der Waals surface area contributed by atoms with Crippen molar-refractivity contribution in [3.63, 3.8) is 0 Å². The summed E-state index contributed by atoms with van der Waals surface area (Å²) in [5.74, 6) is -0.329. The van der Waals surface area contributed by atoms with E-state index < -0.39 is 11.6 Å². The number of carbonyl (C=O) groups is 2. The lowest BCUT2D eigenvalue weighted by Crippen LogP contribution is -2.24. The van der Waals surface area contributed by atoms with Crippen molar-refractivity contribution in [2.75, 3.05) is 0 Å². The Labute approximate surface area is 209 Å². The summed E-state index contributed by atoms with van der Waals surface area (Å²) < 4.78 is 7.79. The molecule has 2 aromatic heterocycles. The predicted octanol–water partition coefficient (Wildman–Crippen LogP) is 6.81. The number of aromatic nitrogens is 2. The zero-order valence-electron chi connectivity index (χ0n) is 20.5. The molecule has 0 bridgehead atoms. The van der Waals surface area contributed by atoms with E-state index in [0.717, 1.165) is 46.6 Å². The van der Waals surface area contributed by atoms with Crippen LogP contribution in [0.3, 0.4) is 0 Å². The van der Waals surface area contributed by atoms with Crippen molar-refractivity contribution < 1.29 is 19.4 Å². The van der Waals surface area contributed by atoms with Crippen LogP contribution in [0.2, 0.25) is 0 Å². The third-order valence-corrected chi connectivity index (χ3v) is 6.56. The maximum Gasteiger partial charge on any atom is 0.341 e. The molecule has 0 atom stereocenters. The van der Waals surface area contributed by atoms with Gasteiger partial charge in [0.05, 0.1) is 16.6 Å². The SMILES string of the molecule is CCCCc1nc2scc(C(=O)OC(C)(C)C)c2n1Cc1ccc(-c2ccccc2C(=O)O)cc1. The third-order valence-electron chi connectivity index (χ3n) is 5.69. The smallest absolute Gasteiger partial charge is 0.341 e. The molecule has 0 aliphatic heterocycles. The normalized spacial score (nSPS) is 11.7. The minimum Gasteiger partial charge on any atom is -0.478 e. The van der Waals surface area contributed by atoms with Crippen molar-refractivity contribution in [2.24, 2.45) is 0 Å². The number of thiophene rings is 1. The molecule has 0 amide bonds. The molecule has 0 aliphatic carbocycles. The highest BCUT2D eigenvalue weighted by Crippen LogP contribution is 2.31. The number of rotatable bonds is 8. The quantitative estimate of drug-likeness (QED) is 0.274. The van der Waals surface area contributed by atoms with E-state index in [2.05, 4.69) is 11.5 Å². The van der Waals surface area contributed by atoms with Crippen molar-refractivity contribution in [2.45, 2.75) is 59.1 Å². The van der Waals surface area contributed by atoms with Crippen molar-refractivity contribution in [1.29, 1.82) is 0 Å². The molecule has 6 nitrogen and oxygen atoms in total. The molecule has 1 N–H and O–H groups in total. The van der Waals surface area contributed by atoms with Crippen molar-refractivity contribution in [3.05, 3.63) is 76.4 Å². The Balaban J connectivity index is 1.70. The molecule has 7 heteroatoms. The predicted molar refractivity (Wildman–Crippen MR) is 139 cm³/mol. The molecule has 2 heterocycles. The number of unbranched alkanes of at least 4 members (excludes halogenated alkanes) is 1. The number of carbonyl (C=O) groups excluding carboxylic acids is 1. The minimum absolute atomic E-state index is 0.277. The number of imidazole rings is 1. The molecule has 4 aromatic rings. The summed E-state index contributed by atoms with van der Waals surface area (Å²) in [7, 11) is 0. The first-order valence-corrected chi connectivity index (χ1v) is 12.7. The number of fused-ring (bicyclic) bond motifs is 1. The molecule has 0 aliphatic rings. The summed E-state index contributed by atoms with van der Waals surface area (Å²) in [4.78, 5) is 30.3. The van der Waals surface area contributed by atoms with Crippen LogP contribution in [0.15, 0.2) is 53.9 Å². The largest absolute Gasteiger partial charge is 0.478 e. The second kappa shape index (κ2) is 10.0. The second-order valence-electron chi connectivity index (χ2n) is 9.57. The van der Waals surface area contributed by atoms with Crippen LogP contribution in [0, 0.1) is 0 Å². The van der Waals surface area contributed by atoms with Gasteiger partial charge in [0.25, 0.3) is 0 Å². The van der Waals surface area contributed by atoms with E-state index in [1.165, 1.54) is 11.3 Å². The summed E-state index contributed by atoms with van der Waals surface area (Å²) in [5, 5.41) is 11.4. The topological polar surface area (TPSA) is 81.4 Å². The molecule has 0 saturated carbocycles. The van der Waals surface area contributed by atoms with Crippen LogP contribution < -0.4 is 0 Å². The third kappa shape index (κ3) is 5.46. The van der Waals surface area contributed by atoms with Gasteiger partial charge in [0.2, 0.25) is 0 Å². The molecular formula is C28H30N2O4S. The summed E-state index contributed by atoms with van der Waals surface area (Å²) in [6.07, 6.45) is 2.89. The van der Waals surface area contributed by atoms with Crippen LogP contribution in [0.25, 0.3) is 21.5 Å². The van der Waals surface area contributed by atoms with Crippen LogP contribution in [0.4, 0.5) is 0 Å². The van der Waals surface area contributed by atoms with Gasteiger partial charge in [0.1, 0.15) is 16.3 Å². The number of hydrogen-bond acceptors (Lipinski definition) is 5. The lowest BCUT2D eigenvalue weighted by atomic mass is 9.99. The van der Waals surface area contributed by atoms with Gasteiger partial charge in [-0.15, -0.1) is 11.3 Å². The molecule has 182 valence electrons. The Bertz CT molecular complexity index is 1360. The first kappa shape index (κ1) is 24.7. The molecule has 0 spiro atoms. The molecular weight excluding hydrogens is 460 g/mol. The fourth-order valence-corrected chi connectivity index (χ4v) is 4.98. The monoisotopic (exact) mass is 490 g/mol. The molecule has 35 heavy (non-hydrogen) atoms. The zero-order valence-corrected chi connectivity index (χ0v) is 21.3. The highest BCUT2D eigenvalue weighted by molar-refractivity contribution is 7.17. The van der Waals surface area contributed by atoms with Crippen LogP contribution >= 0.6 is 11.3 Å². The summed E-state index contributed by atoms with van der Waals surface area (Å²) in [6.45, 7) is 8.30. The van der Waals surface area contributed by atoms with Crippen LogP contribution in [0.1, 0.15) is 72.6 Å². The molecule has 2 aromatic carbocycles. The average molecular weight is 491 g/mol. The van der Waals surface area contributed by atoms with E-state index in [1.54, 1.807) is 12.1 Å². The van der Waals surface area contributed by atoms with Gasteiger partial charge in [-0.1, -0.05) is 55.8 Å². The van der Waals surface area contributed by atoms with Gasteiger partial charge in [-0.3, -0.25) is 0 Å². The number of aryl methyl sites for hydroxylation is 1. The van der Waals surface area contributed by atoms with E-state index in [-0.39, 0.29) is 11.5 Å². The van der Waals surface area contributed by atoms with Gasteiger partial charge in [0, 0.05) is 18.3 Å². The number of aromatic carboxylic acids is 1. The molecule has 4 rings (SSSR count). The lowest BCUT2D eigenvalue weighted by molar-refractivity contribution is 0.00716. The average Bonchev–Trinajstić information content (AvgIpc) is 3.37. The molecule has 0 radical (unpaired) electrons. The fraction of sp³-hybridized carbons (Fsp3) is 0.321. The summed E-state index contributed by atoms with van der Waals surface area (Å²) >= 11 is 1.46. The number of benzene rings is 2.